The minimum Gasteiger partial charge on any atom is -0.382 e. The summed E-state index contributed by atoms with van der Waals surface area (Å²) in [6.07, 6.45) is 3.36. The molecule has 0 spiro atoms. The van der Waals surface area contributed by atoms with E-state index in [1.165, 1.54) is 6.20 Å². The second-order valence-electron chi connectivity index (χ2n) is 2.79. The molecule has 0 atom stereocenters. The van der Waals surface area contributed by atoms with E-state index in [0.29, 0.717) is 12.4 Å². The number of ether oxygens (including phenoxy) is 1. The van der Waals surface area contributed by atoms with Crippen molar-refractivity contribution in [2.24, 2.45) is 0 Å². The van der Waals surface area contributed by atoms with Gasteiger partial charge in [-0.3, -0.25) is 4.98 Å². The van der Waals surface area contributed by atoms with Crippen LogP contribution >= 0.6 is 0 Å². The van der Waals surface area contributed by atoms with Crippen LogP contribution in [0.5, 0.6) is 0 Å². The standard InChI is InChI=1S/C8H13N3O/c1-6(2)12-5-7-3-11-8(9)4-10-7/h3-4,6H,5H2,1-2H3,(H2,9,11). The Hall–Kier alpha value is -1.16. The van der Waals surface area contributed by atoms with Gasteiger partial charge in [0.1, 0.15) is 5.82 Å². The van der Waals surface area contributed by atoms with Crippen LogP contribution in [0.4, 0.5) is 5.82 Å². The first-order valence-electron chi connectivity index (χ1n) is 3.86. The third-order valence-corrected chi connectivity index (χ3v) is 1.29. The second-order valence-corrected chi connectivity index (χ2v) is 2.79. The first-order chi connectivity index (χ1) is 5.68. The molecule has 0 fully saturated rings. The monoisotopic (exact) mass is 167 g/mol. The van der Waals surface area contributed by atoms with Crippen molar-refractivity contribution in [3.63, 3.8) is 0 Å². The van der Waals surface area contributed by atoms with Crippen LogP contribution in [0.15, 0.2) is 12.4 Å². The van der Waals surface area contributed by atoms with Gasteiger partial charge in [-0.25, -0.2) is 4.98 Å². The van der Waals surface area contributed by atoms with Gasteiger partial charge in [0.25, 0.3) is 0 Å². The Morgan fingerprint density at radius 3 is 2.67 bits per heavy atom. The molecule has 0 aliphatic heterocycles. The van der Waals surface area contributed by atoms with Crippen molar-refractivity contribution in [2.75, 3.05) is 5.73 Å². The highest BCUT2D eigenvalue weighted by Crippen LogP contribution is 2.00. The van der Waals surface area contributed by atoms with Crippen LogP contribution in [0.1, 0.15) is 19.5 Å². The highest BCUT2D eigenvalue weighted by atomic mass is 16.5. The second kappa shape index (κ2) is 4.01. The number of rotatable bonds is 3. The summed E-state index contributed by atoms with van der Waals surface area (Å²) in [5.74, 6) is 0.434. The predicted molar refractivity (Wildman–Crippen MR) is 46.4 cm³/mol. The van der Waals surface area contributed by atoms with Gasteiger partial charge >= 0.3 is 0 Å². The zero-order chi connectivity index (χ0) is 8.97. The maximum absolute atomic E-state index is 5.37. The molecule has 0 aromatic carbocycles. The van der Waals surface area contributed by atoms with Gasteiger partial charge in [0.15, 0.2) is 0 Å². The Kier molecular flexibility index (Phi) is 2.99. The summed E-state index contributed by atoms with van der Waals surface area (Å²) < 4.78 is 5.32. The molecule has 0 saturated carbocycles. The Labute approximate surface area is 71.8 Å². The Morgan fingerprint density at radius 2 is 2.17 bits per heavy atom. The van der Waals surface area contributed by atoms with E-state index in [-0.39, 0.29) is 6.10 Å². The molecular weight excluding hydrogens is 154 g/mol. The lowest BCUT2D eigenvalue weighted by Crippen LogP contribution is -2.04. The summed E-state index contributed by atoms with van der Waals surface area (Å²) in [5.41, 5.74) is 6.17. The Bertz CT molecular complexity index is 233. The van der Waals surface area contributed by atoms with E-state index in [9.17, 15) is 0 Å². The predicted octanol–water partition coefficient (Wildman–Crippen LogP) is 0.984. The number of nitrogen functional groups attached to an aromatic ring is 1. The molecule has 0 radical (unpaired) electrons. The van der Waals surface area contributed by atoms with E-state index in [0.717, 1.165) is 5.69 Å². The number of aromatic nitrogens is 2. The molecule has 1 aromatic heterocycles. The van der Waals surface area contributed by atoms with E-state index in [1.54, 1.807) is 6.20 Å². The van der Waals surface area contributed by atoms with Gasteiger partial charge in [-0.05, 0) is 13.8 Å². The molecule has 12 heavy (non-hydrogen) atoms. The molecule has 66 valence electrons. The number of hydrogen-bond acceptors (Lipinski definition) is 4. The highest BCUT2D eigenvalue weighted by Gasteiger charge is 1.97. The maximum atomic E-state index is 5.37. The zero-order valence-corrected chi connectivity index (χ0v) is 7.32. The highest BCUT2D eigenvalue weighted by molar-refractivity contribution is 5.22. The van der Waals surface area contributed by atoms with Gasteiger partial charge < -0.3 is 10.5 Å². The van der Waals surface area contributed by atoms with E-state index in [2.05, 4.69) is 9.97 Å². The van der Waals surface area contributed by atoms with Gasteiger partial charge in [-0.15, -0.1) is 0 Å². The number of nitrogens with zero attached hydrogens (tertiary/aromatic N) is 2. The Balaban J connectivity index is 2.48. The van der Waals surface area contributed by atoms with Crippen LogP contribution in [0.25, 0.3) is 0 Å². The minimum absolute atomic E-state index is 0.212. The van der Waals surface area contributed by atoms with Crippen LogP contribution in [-0.4, -0.2) is 16.1 Å². The van der Waals surface area contributed by atoms with E-state index in [1.807, 2.05) is 13.8 Å². The van der Waals surface area contributed by atoms with E-state index in [4.69, 9.17) is 10.5 Å². The van der Waals surface area contributed by atoms with Crippen molar-refractivity contribution < 1.29 is 4.74 Å². The molecule has 0 unspecified atom stereocenters. The first-order valence-corrected chi connectivity index (χ1v) is 3.86. The van der Waals surface area contributed by atoms with Gasteiger partial charge in [-0.2, -0.15) is 0 Å². The topological polar surface area (TPSA) is 61.0 Å². The SMILES string of the molecule is CC(C)OCc1cnc(N)cn1. The summed E-state index contributed by atoms with van der Waals surface area (Å²) in [6, 6.07) is 0. The van der Waals surface area contributed by atoms with Crippen molar-refractivity contribution in [1.82, 2.24) is 9.97 Å². The number of anilines is 1. The largest absolute Gasteiger partial charge is 0.382 e. The third-order valence-electron chi connectivity index (χ3n) is 1.29. The molecule has 0 saturated heterocycles. The summed E-state index contributed by atoms with van der Waals surface area (Å²) in [7, 11) is 0. The van der Waals surface area contributed by atoms with Crippen LogP contribution in [0, 0.1) is 0 Å². The van der Waals surface area contributed by atoms with Gasteiger partial charge in [0.2, 0.25) is 0 Å². The first kappa shape index (κ1) is 8.93. The lowest BCUT2D eigenvalue weighted by Gasteiger charge is -2.05. The minimum atomic E-state index is 0.212. The molecule has 0 aliphatic carbocycles. The number of hydrogen-bond donors (Lipinski definition) is 1. The molecule has 0 aliphatic rings. The van der Waals surface area contributed by atoms with Gasteiger partial charge in [0, 0.05) is 0 Å². The summed E-state index contributed by atoms with van der Waals surface area (Å²) >= 11 is 0. The molecule has 2 N–H and O–H groups in total. The van der Waals surface area contributed by atoms with Crippen molar-refractivity contribution in [3.05, 3.63) is 18.1 Å². The molecule has 4 heteroatoms. The quantitative estimate of drug-likeness (QED) is 0.729. The zero-order valence-electron chi connectivity index (χ0n) is 7.32. The van der Waals surface area contributed by atoms with Crippen molar-refractivity contribution in [1.29, 1.82) is 0 Å². The van der Waals surface area contributed by atoms with Crippen LogP contribution in [0.3, 0.4) is 0 Å². The van der Waals surface area contributed by atoms with Crippen LogP contribution in [0.2, 0.25) is 0 Å². The van der Waals surface area contributed by atoms with Crippen LogP contribution < -0.4 is 5.73 Å². The van der Waals surface area contributed by atoms with Crippen molar-refractivity contribution >= 4 is 5.82 Å². The lowest BCUT2D eigenvalue weighted by atomic mass is 10.4. The van der Waals surface area contributed by atoms with E-state index >= 15 is 0 Å². The normalized spacial score (nSPS) is 10.6. The van der Waals surface area contributed by atoms with Gasteiger partial charge in [0.05, 0.1) is 30.8 Å². The van der Waals surface area contributed by atoms with E-state index < -0.39 is 0 Å². The summed E-state index contributed by atoms with van der Waals surface area (Å²) in [6.45, 7) is 4.44. The summed E-state index contributed by atoms with van der Waals surface area (Å²) in [4.78, 5) is 7.93. The lowest BCUT2D eigenvalue weighted by molar-refractivity contribution is 0.0634. The third kappa shape index (κ3) is 2.84. The molecule has 1 heterocycles. The van der Waals surface area contributed by atoms with Gasteiger partial charge in [-0.1, -0.05) is 0 Å². The fourth-order valence-corrected chi connectivity index (χ4v) is 0.691. The van der Waals surface area contributed by atoms with Crippen molar-refractivity contribution in [2.45, 2.75) is 26.6 Å². The molecule has 4 nitrogen and oxygen atoms in total. The number of nitrogens with two attached hydrogens (primary N) is 1. The summed E-state index contributed by atoms with van der Waals surface area (Å²) in [5, 5.41) is 0. The molecule has 0 amide bonds. The average molecular weight is 167 g/mol. The average Bonchev–Trinajstić information content (AvgIpc) is 2.03. The smallest absolute Gasteiger partial charge is 0.141 e. The fraction of sp³-hybridized carbons (Fsp3) is 0.500. The molecule has 0 bridgehead atoms. The Morgan fingerprint density at radius 1 is 1.42 bits per heavy atom. The molecular formula is C8H13N3O. The van der Waals surface area contributed by atoms with Crippen molar-refractivity contribution in [3.8, 4) is 0 Å². The fourth-order valence-electron chi connectivity index (χ4n) is 0.691. The maximum Gasteiger partial charge on any atom is 0.141 e. The molecule has 1 rings (SSSR count). The molecule has 1 aromatic rings. The van der Waals surface area contributed by atoms with Crippen LogP contribution in [-0.2, 0) is 11.3 Å².